The minimum atomic E-state index is 1.14. The summed E-state index contributed by atoms with van der Waals surface area (Å²) in [6, 6.07) is 0. The predicted molar refractivity (Wildman–Crippen MR) is 57.3 cm³/mol. The monoisotopic (exact) mass is 166 g/mol. The van der Waals surface area contributed by atoms with Crippen LogP contribution in [0.2, 0.25) is 0 Å². The molecule has 12 heavy (non-hydrogen) atoms. The van der Waals surface area contributed by atoms with E-state index in [2.05, 4.69) is 20.1 Å². The number of unbranched alkanes of at least 4 members (excludes halogenated alkanes) is 4. The molecule has 0 fully saturated rings. The quantitative estimate of drug-likeness (QED) is 0.386. The van der Waals surface area contributed by atoms with Gasteiger partial charge in [0, 0.05) is 0 Å². The van der Waals surface area contributed by atoms with Crippen molar-refractivity contribution in [3.05, 3.63) is 24.3 Å². The first-order valence-electron chi connectivity index (χ1n) is 5.02. The van der Waals surface area contributed by atoms with Crippen LogP contribution >= 0.6 is 0 Å². The molecule has 0 radical (unpaired) electrons. The molecule has 0 unspecified atom stereocenters. The largest absolute Gasteiger partial charge is 0.0959 e. The molecule has 0 rings (SSSR count). The third-order valence-electron chi connectivity index (χ3n) is 2.19. The summed E-state index contributed by atoms with van der Waals surface area (Å²) >= 11 is 0. The van der Waals surface area contributed by atoms with Gasteiger partial charge in [0.25, 0.3) is 0 Å². The summed E-state index contributed by atoms with van der Waals surface area (Å²) in [6.07, 6.45) is 7.84. The molecule has 0 aromatic rings. The molecule has 0 aromatic heterocycles. The Morgan fingerprint density at radius 1 is 1.00 bits per heavy atom. The Hall–Kier alpha value is -0.520. The van der Waals surface area contributed by atoms with Gasteiger partial charge in [-0.25, -0.2) is 0 Å². The number of rotatable bonds is 7. The van der Waals surface area contributed by atoms with Crippen LogP contribution < -0.4 is 0 Å². The van der Waals surface area contributed by atoms with Gasteiger partial charge in [0.05, 0.1) is 0 Å². The van der Waals surface area contributed by atoms with E-state index in [9.17, 15) is 0 Å². The van der Waals surface area contributed by atoms with Gasteiger partial charge < -0.3 is 0 Å². The summed E-state index contributed by atoms with van der Waals surface area (Å²) in [5, 5.41) is 0. The lowest BCUT2D eigenvalue weighted by Crippen LogP contribution is -1.83. The SMILES string of the molecule is C=C(C)C(=C)CCCCCCC. The Morgan fingerprint density at radius 3 is 2.08 bits per heavy atom. The number of allylic oxidation sites excluding steroid dienone is 2. The van der Waals surface area contributed by atoms with Crippen molar-refractivity contribution in [3.63, 3.8) is 0 Å². The highest BCUT2D eigenvalue weighted by atomic mass is 14.0. The lowest BCUT2D eigenvalue weighted by Gasteiger charge is -2.03. The second kappa shape index (κ2) is 7.15. The minimum Gasteiger partial charge on any atom is -0.0959 e. The molecule has 0 bridgehead atoms. The summed E-state index contributed by atoms with van der Waals surface area (Å²) in [4.78, 5) is 0. The maximum Gasteiger partial charge on any atom is -0.0282 e. The molecule has 0 nitrogen and oxygen atoms in total. The molecule has 70 valence electrons. The first-order valence-corrected chi connectivity index (χ1v) is 5.02. The maximum absolute atomic E-state index is 3.97. The van der Waals surface area contributed by atoms with Crippen molar-refractivity contribution in [2.24, 2.45) is 0 Å². The van der Waals surface area contributed by atoms with Crippen LogP contribution in [0.4, 0.5) is 0 Å². The molecule has 0 aliphatic heterocycles. The van der Waals surface area contributed by atoms with E-state index in [1.807, 2.05) is 6.92 Å². The fourth-order valence-corrected chi connectivity index (χ4v) is 1.16. The average Bonchev–Trinajstić information content (AvgIpc) is 2.03. The van der Waals surface area contributed by atoms with E-state index in [4.69, 9.17) is 0 Å². The third-order valence-corrected chi connectivity index (χ3v) is 2.19. The number of hydrogen-bond donors (Lipinski definition) is 0. The Labute approximate surface area is 77.4 Å². The topological polar surface area (TPSA) is 0 Å². The van der Waals surface area contributed by atoms with Gasteiger partial charge in [-0.15, -0.1) is 0 Å². The summed E-state index contributed by atoms with van der Waals surface area (Å²) in [7, 11) is 0. The van der Waals surface area contributed by atoms with Crippen molar-refractivity contribution in [2.45, 2.75) is 52.4 Å². The van der Waals surface area contributed by atoms with Gasteiger partial charge in [-0.05, 0) is 19.8 Å². The fourth-order valence-electron chi connectivity index (χ4n) is 1.16. The van der Waals surface area contributed by atoms with Crippen LogP contribution in [0.1, 0.15) is 52.4 Å². The van der Waals surface area contributed by atoms with Crippen molar-refractivity contribution in [3.8, 4) is 0 Å². The van der Waals surface area contributed by atoms with Crippen molar-refractivity contribution in [1.82, 2.24) is 0 Å². The van der Waals surface area contributed by atoms with E-state index >= 15 is 0 Å². The van der Waals surface area contributed by atoms with E-state index in [0.717, 1.165) is 12.0 Å². The van der Waals surface area contributed by atoms with Crippen LogP contribution in [0.3, 0.4) is 0 Å². The standard InChI is InChI=1S/C12H22/c1-5-6-7-8-9-10-12(4)11(2)3/h2,4-10H2,1,3H3. The average molecular weight is 166 g/mol. The van der Waals surface area contributed by atoms with Crippen LogP contribution in [0.5, 0.6) is 0 Å². The minimum absolute atomic E-state index is 1.14. The summed E-state index contributed by atoms with van der Waals surface area (Å²) in [6.45, 7) is 12.1. The summed E-state index contributed by atoms with van der Waals surface area (Å²) < 4.78 is 0. The molecule has 0 saturated carbocycles. The van der Waals surface area contributed by atoms with Gasteiger partial charge in [-0.2, -0.15) is 0 Å². The molecular formula is C12H22. The van der Waals surface area contributed by atoms with Crippen molar-refractivity contribution >= 4 is 0 Å². The Morgan fingerprint density at radius 2 is 1.58 bits per heavy atom. The molecule has 0 heterocycles. The first-order chi connectivity index (χ1) is 5.68. The molecule has 0 atom stereocenters. The highest BCUT2D eigenvalue weighted by molar-refractivity contribution is 5.22. The second-order valence-electron chi connectivity index (χ2n) is 3.55. The van der Waals surface area contributed by atoms with Crippen LogP contribution in [0.15, 0.2) is 24.3 Å². The molecule has 0 N–H and O–H groups in total. The molecule has 0 aliphatic rings. The lowest BCUT2D eigenvalue weighted by molar-refractivity contribution is 0.632. The highest BCUT2D eigenvalue weighted by Gasteiger charge is 1.94. The predicted octanol–water partition coefficient (Wildman–Crippen LogP) is 4.48. The van der Waals surface area contributed by atoms with Gasteiger partial charge in [0.2, 0.25) is 0 Å². The van der Waals surface area contributed by atoms with Gasteiger partial charge in [0.15, 0.2) is 0 Å². The Balaban J connectivity index is 3.20. The summed E-state index contributed by atoms with van der Waals surface area (Å²) in [5.74, 6) is 0. The van der Waals surface area contributed by atoms with Gasteiger partial charge in [-0.3, -0.25) is 0 Å². The van der Waals surface area contributed by atoms with Crippen LogP contribution in [-0.4, -0.2) is 0 Å². The molecule has 0 amide bonds. The molecule has 0 spiro atoms. The van der Waals surface area contributed by atoms with Crippen molar-refractivity contribution in [2.75, 3.05) is 0 Å². The second-order valence-corrected chi connectivity index (χ2v) is 3.55. The Kier molecular flexibility index (Phi) is 6.84. The zero-order chi connectivity index (χ0) is 9.40. The number of hydrogen-bond acceptors (Lipinski definition) is 0. The van der Waals surface area contributed by atoms with Crippen LogP contribution in [-0.2, 0) is 0 Å². The molecule has 0 aromatic carbocycles. The fraction of sp³-hybridized carbons (Fsp3) is 0.667. The van der Waals surface area contributed by atoms with E-state index in [0.29, 0.717) is 0 Å². The third kappa shape index (κ3) is 6.21. The van der Waals surface area contributed by atoms with Gasteiger partial charge >= 0.3 is 0 Å². The summed E-state index contributed by atoms with van der Waals surface area (Å²) in [5.41, 5.74) is 2.37. The zero-order valence-corrected chi connectivity index (χ0v) is 8.66. The molecule has 0 saturated heterocycles. The van der Waals surface area contributed by atoms with Crippen molar-refractivity contribution in [1.29, 1.82) is 0 Å². The smallest absolute Gasteiger partial charge is 0.0282 e. The zero-order valence-electron chi connectivity index (χ0n) is 8.66. The normalized spacial score (nSPS) is 9.83. The first kappa shape index (κ1) is 11.5. The van der Waals surface area contributed by atoms with E-state index in [-0.39, 0.29) is 0 Å². The van der Waals surface area contributed by atoms with E-state index in [1.54, 1.807) is 0 Å². The Bertz CT molecular complexity index is 142. The highest BCUT2D eigenvalue weighted by Crippen LogP contribution is 2.14. The van der Waals surface area contributed by atoms with Crippen LogP contribution in [0.25, 0.3) is 0 Å². The molecule has 0 heteroatoms. The van der Waals surface area contributed by atoms with E-state index in [1.165, 1.54) is 37.7 Å². The maximum atomic E-state index is 3.97. The molecular weight excluding hydrogens is 144 g/mol. The van der Waals surface area contributed by atoms with Gasteiger partial charge in [-0.1, -0.05) is 56.9 Å². The van der Waals surface area contributed by atoms with Crippen LogP contribution in [0, 0.1) is 0 Å². The van der Waals surface area contributed by atoms with Crippen molar-refractivity contribution < 1.29 is 0 Å². The van der Waals surface area contributed by atoms with E-state index < -0.39 is 0 Å². The van der Waals surface area contributed by atoms with Gasteiger partial charge in [0.1, 0.15) is 0 Å². The lowest BCUT2D eigenvalue weighted by atomic mass is 10.0. The molecule has 0 aliphatic carbocycles.